The number of benzene rings is 1. The second-order valence-corrected chi connectivity index (χ2v) is 8.05. The van der Waals surface area contributed by atoms with Crippen molar-refractivity contribution < 1.29 is 8.42 Å². The maximum atomic E-state index is 12.2. The van der Waals surface area contributed by atoms with Gasteiger partial charge in [0.25, 0.3) is 0 Å². The Labute approximate surface area is 139 Å². The molecule has 2 aromatic rings. The molecule has 0 unspecified atom stereocenters. The Morgan fingerprint density at radius 3 is 2.55 bits per heavy atom. The predicted molar refractivity (Wildman–Crippen MR) is 90.9 cm³/mol. The topological polar surface area (TPSA) is 72.0 Å². The van der Waals surface area contributed by atoms with Gasteiger partial charge in [0.15, 0.2) is 0 Å². The molecule has 2 rings (SSSR count). The average Bonchev–Trinajstić information content (AvgIpc) is 2.90. The fraction of sp³-hybridized carbons (Fsp3) is 0.429. The summed E-state index contributed by atoms with van der Waals surface area (Å²) >= 11 is 7.29. The van der Waals surface area contributed by atoms with Gasteiger partial charge in [0.05, 0.1) is 5.75 Å². The van der Waals surface area contributed by atoms with E-state index in [1.165, 1.54) is 11.3 Å². The number of halogens is 1. The lowest BCUT2D eigenvalue weighted by molar-refractivity contribution is 0.600. The van der Waals surface area contributed by atoms with Crippen molar-refractivity contribution in [2.75, 3.05) is 4.72 Å². The summed E-state index contributed by atoms with van der Waals surface area (Å²) in [5, 5.41) is 9.60. The Bertz CT molecular complexity index is 727. The minimum atomic E-state index is -3.56. The molecule has 1 aromatic carbocycles. The van der Waals surface area contributed by atoms with E-state index in [9.17, 15) is 8.42 Å². The molecule has 0 spiro atoms. The smallest absolute Gasteiger partial charge is 0.238 e. The molecular formula is C14H18ClN3O2S2. The van der Waals surface area contributed by atoms with Crippen LogP contribution in [0.3, 0.4) is 0 Å². The molecule has 0 saturated heterocycles. The van der Waals surface area contributed by atoms with Crippen LogP contribution in [0.25, 0.3) is 0 Å². The number of hydrogen-bond donors (Lipinski definition) is 1. The molecule has 1 aromatic heterocycles. The zero-order valence-electron chi connectivity index (χ0n) is 12.4. The Morgan fingerprint density at radius 1 is 1.23 bits per heavy atom. The van der Waals surface area contributed by atoms with Crippen molar-refractivity contribution in [2.24, 2.45) is 0 Å². The molecule has 0 fully saturated rings. The number of rotatable bonds is 7. The predicted octanol–water partition coefficient (Wildman–Crippen LogP) is 4.04. The van der Waals surface area contributed by atoms with E-state index in [0.717, 1.165) is 17.8 Å². The van der Waals surface area contributed by atoms with Gasteiger partial charge in [0.1, 0.15) is 5.01 Å². The second-order valence-electron chi connectivity index (χ2n) is 4.91. The third-order valence-corrected chi connectivity index (χ3v) is 6.02. The molecule has 0 saturated carbocycles. The molecule has 22 heavy (non-hydrogen) atoms. The molecule has 8 heteroatoms. The summed E-state index contributed by atoms with van der Waals surface area (Å²) in [5.74, 6) is 0.131. The summed E-state index contributed by atoms with van der Waals surface area (Å²) < 4.78 is 26.9. The van der Waals surface area contributed by atoms with Crippen LogP contribution in [0.2, 0.25) is 5.02 Å². The maximum Gasteiger partial charge on any atom is 0.238 e. The van der Waals surface area contributed by atoms with E-state index in [1.807, 2.05) is 0 Å². The van der Waals surface area contributed by atoms with E-state index in [2.05, 4.69) is 28.8 Å². The zero-order valence-corrected chi connectivity index (χ0v) is 14.8. The molecule has 1 N–H and O–H groups in total. The van der Waals surface area contributed by atoms with Crippen molar-refractivity contribution in [3.63, 3.8) is 0 Å². The number of nitrogens with one attached hydrogen (secondary N) is 1. The Kier molecular flexibility index (Phi) is 5.77. The molecule has 0 bridgehead atoms. The molecule has 0 aliphatic carbocycles. The fourth-order valence-electron chi connectivity index (χ4n) is 2.07. The lowest BCUT2D eigenvalue weighted by atomic mass is 10.1. The second kappa shape index (κ2) is 7.39. The Morgan fingerprint density at radius 2 is 1.91 bits per heavy atom. The van der Waals surface area contributed by atoms with Crippen LogP contribution in [0.4, 0.5) is 5.13 Å². The van der Waals surface area contributed by atoms with Crippen LogP contribution in [0.5, 0.6) is 0 Å². The summed E-state index contributed by atoms with van der Waals surface area (Å²) in [4.78, 5) is 0. The molecule has 1 heterocycles. The van der Waals surface area contributed by atoms with Gasteiger partial charge in [-0.15, -0.1) is 10.2 Å². The summed E-state index contributed by atoms with van der Waals surface area (Å²) in [6.45, 7) is 4.16. The normalized spacial score (nSPS) is 11.8. The van der Waals surface area contributed by atoms with Crippen LogP contribution in [0, 0.1) is 0 Å². The third kappa shape index (κ3) is 4.41. The van der Waals surface area contributed by atoms with Gasteiger partial charge in [-0.2, -0.15) is 0 Å². The first kappa shape index (κ1) is 17.2. The van der Waals surface area contributed by atoms with Gasteiger partial charge in [0.2, 0.25) is 15.2 Å². The summed E-state index contributed by atoms with van der Waals surface area (Å²) in [7, 11) is -3.56. The number of sulfonamides is 1. The minimum absolute atomic E-state index is 0.188. The first-order valence-electron chi connectivity index (χ1n) is 7.02. The first-order valence-corrected chi connectivity index (χ1v) is 9.87. The number of anilines is 1. The standard InChI is InChI=1S/C14H18ClN3O2S2/c1-3-10(4-2)13-16-17-14(21-13)18-22(19,20)9-11-7-5-6-8-12(11)15/h5-8,10H,3-4,9H2,1-2H3,(H,17,18). The number of aromatic nitrogens is 2. The molecule has 0 radical (unpaired) electrons. The van der Waals surface area contributed by atoms with Crippen LogP contribution < -0.4 is 4.72 Å². The Hall–Kier alpha value is -1.18. The average molecular weight is 360 g/mol. The van der Waals surface area contributed by atoms with Crippen LogP contribution in [0.1, 0.15) is 43.2 Å². The lowest BCUT2D eigenvalue weighted by Crippen LogP contribution is -2.15. The Balaban J connectivity index is 2.11. The minimum Gasteiger partial charge on any atom is -0.257 e. The molecular weight excluding hydrogens is 342 g/mol. The highest BCUT2D eigenvalue weighted by molar-refractivity contribution is 7.92. The van der Waals surface area contributed by atoms with Crippen LogP contribution in [-0.2, 0) is 15.8 Å². The number of nitrogens with zero attached hydrogens (tertiary/aromatic N) is 2. The van der Waals surface area contributed by atoms with Crippen molar-refractivity contribution >= 4 is 38.1 Å². The largest absolute Gasteiger partial charge is 0.257 e. The summed E-state index contributed by atoms with van der Waals surface area (Å²) in [6.07, 6.45) is 1.91. The van der Waals surface area contributed by atoms with Crippen molar-refractivity contribution in [2.45, 2.75) is 38.4 Å². The van der Waals surface area contributed by atoms with Crippen molar-refractivity contribution in [3.05, 3.63) is 39.9 Å². The zero-order chi connectivity index (χ0) is 16.2. The highest BCUT2D eigenvalue weighted by atomic mass is 35.5. The van der Waals surface area contributed by atoms with Crippen molar-refractivity contribution in [1.29, 1.82) is 0 Å². The van der Waals surface area contributed by atoms with Crippen LogP contribution in [0.15, 0.2) is 24.3 Å². The van der Waals surface area contributed by atoms with Gasteiger partial charge in [-0.1, -0.05) is 55.0 Å². The van der Waals surface area contributed by atoms with Gasteiger partial charge in [0, 0.05) is 10.9 Å². The third-order valence-electron chi connectivity index (χ3n) is 3.32. The van der Waals surface area contributed by atoms with Gasteiger partial charge in [-0.25, -0.2) is 8.42 Å². The van der Waals surface area contributed by atoms with E-state index in [1.54, 1.807) is 24.3 Å². The molecule has 0 aliphatic rings. The molecule has 0 amide bonds. The fourth-order valence-corrected chi connectivity index (χ4v) is 4.80. The van der Waals surface area contributed by atoms with E-state index < -0.39 is 10.0 Å². The van der Waals surface area contributed by atoms with E-state index in [0.29, 0.717) is 21.6 Å². The molecule has 0 aliphatic heterocycles. The van der Waals surface area contributed by atoms with Crippen LogP contribution >= 0.6 is 22.9 Å². The first-order chi connectivity index (χ1) is 10.4. The highest BCUT2D eigenvalue weighted by Crippen LogP contribution is 2.29. The van der Waals surface area contributed by atoms with E-state index >= 15 is 0 Å². The van der Waals surface area contributed by atoms with E-state index in [4.69, 9.17) is 11.6 Å². The summed E-state index contributed by atoms with van der Waals surface area (Å²) in [5.41, 5.74) is 0.557. The van der Waals surface area contributed by atoms with Gasteiger partial charge in [-0.05, 0) is 24.5 Å². The van der Waals surface area contributed by atoms with Crippen molar-refractivity contribution in [1.82, 2.24) is 10.2 Å². The monoisotopic (exact) mass is 359 g/mol. The van der Waals surface area contributed by atoms with E-state index in [-0.39, 0.29) is 5.75 Å². The SMILES string of the molecule is CCC(CC)c1nnc(NS(=O)(=O)Cc2ccccc2Cl)s1. The number of hydrogen-bond acceptors (Lipinski definition) is 5. The molecule has 120 valence electrons. The maximum absolute atomic E-state index is 12.2. The van der Waals surface area contributed by atoms with Gasteiger partial charge < -0.3 is 0 Å². The van der Waals surface area contributed by atoms with Gasteiger partial charge >= 0.3 is 0 Å². The summed E-state index contributed by atoms with van der Waals surface area (Å²) in [6, 6.07) is 6.88. The van der Waals surface area contributed by atoms with Crippen LogP contribution in [-0.4, -0.2) is 18.6 Å². The van der Waals surface area contributed by atoms with Gasteiger partial charge in [-0.3, -0.25) is 4.72 Å². The molecule has 0 atom stereocenters. The highest BCUT2D eigenvalue weighted by Gasteiger charge is 2.18. The van der Waals surface area contributed by atoms with Crippen molar-refractivity contribution in [3.8, 4) is 0 Å². The molecule has 5 nitrogen and oxygen atoms in total. The quantitative estimate of drug-likeness (QED) is 0.809. The lowest BCUT2D eigenvalue weighted by Gasteiger charge is -2.07.